The highest BCUT2D eigenvalue weighted by molar-refractivity contribution is 7.09. The number of carbonyl (C=O) groups excluding carboxylic acids is 2. The summed E-state index contributed by atoms with van der Waals surface area (Å²) in [6.07, 6.45) is 1.82. The molecule has 0 saturated carbocycles. The van der Waals surface area contributed by atoms with E-state index in [0.29, 0.717) is 25.9 Å². The van der Waals surface area contributed by atoms with E-state index < -0.39 is 5.54 Å². The number of hydrogen-bond donors (Lipinski definition) is 1. The summed E-state index contributed by atoms with van der Waals surface area (Å²) in [6, 6.07) is 12.2. The Morgan fingerprint density at radius 3 is 2.72 bits per heavy atom. The minimum atomic E-state index is -0.751. The summed E-state index contributed by atoms with van der Waals surface area (Å²) in [7, 11) is 0. The molecular weight excluding hydrogens is 332 g/mol. The second-order valence-electron chi connectivity index (χ2n) is 6.82. The summed E-state index contributed by atoms with van der Waals surface area (Å²) in [6.45, 7) is 5.01. The van der Waals surface area contributed by atoms with Gasteiger partial charge in [0.1, 0.15) is 5.54 Å². The molecule has 2 aromatic rings. The van der Waals surface area contributed by atoms with Gasteiger partial charge in [-0.2, -0.15) is 0 Å². The standard InChI is InChI=1S/C20H24N2O2S/c1-15-5-7-16(8-6-15)14-21-19(24)20(2)11-9-18(23)22(20)12-10-17-4-3-13-25-17/h3-8,13H,9-12,14H2,1-2H3,(H,21,24). The Labute approximate surface area is 152 Å². The normalized spacial score (nSPS) is 20.1. The second kappa shape index (κ2) is 7.40. The molecule has 1 atom stereocenters. The minimum absolute atomic E-state index is 0.0647. The first-order valence-corrected chi connectivity index (χ1v) is 9.54. The second-order valence-corrected chi connectivity index (χ2v) is 7.85. The van der Waals surface area contributed by atoms with E-state index in [1.54, 1.807) is 16.2 Å². The molecule has 1 aliphatic heterocycles. The van der Waals surface area contributed by atoms with Crippen LogP contribution in [0.3, 0.4) is 0 Å². The molecule has 1 fully saturated rings. The van der Waals surface area contributed by atoms with Crippen molar-refractivity contribution in [3.63, 3.8) is 0 Å². The van der Waals surface area contributed by atoms with Gasteiger partial charge in [0.05, 0.1) is 0 Å². The van der Waals surface area contributed by atoms with Gasteiger partial charge in [-0.3, -0.25) is 9.59 Å². The molecule has 2 heterocycles. The summed E-state index contributed by atoms with van der Waals surface area (Å²) in [5.41, 5.74) is 1.51. The van der Waals surface area contributed by atoms with Gasteiger partial charge in [-0.15, -0.1) is 11.3 Å². The predicted octanol–water partition coefficient (Wildman–Crippen LogP) is 3.30. The number of hydrogen-bond acceptors (Lipinski definition) is 3. The van der Waals surface area contributed by atoms with Crippen molar-refractivity contribution in [2.45, 2.75) is 45.2 Å². The van der Waals surface area contributed by atoms with Gasteiger partial charge in [-0.25, -0.2) is 0 Å². The van der Waals surface area contributed by atoms with E-state index in [1.807, 2.05) is 49.6 Å². The molecule has 132 valence electrons. The molecule has 1 aliphatic rings. The number of nitrogens with zero attached hydrogens (tertiary/aromatic N) is 1. The first kappa shape index (κ1) is 17.7. The summed E-state index contributed by atoms with van der Waals surface area (Å²) >= 11 is 1.69. The molecule has 0 bridgehead atoms. The maximum Gasteiger partial charge on any atom is 0.245 e. The van der Waals surface area contributed by atoms with Crippen LogP contribution in [-0.4, -0.2) is 28.8 Å². The average Bonchev–Trinajstić information content (AvgIpc) is 3.22. The lowest BCUT2D eigenvalue weighted by atomic mass is 9.97. The molecule has 1 N–H and O–H groups in total. The van der Waals surface area contributed by atoms with Gasteiger partial charge in [-0.05, 0) is 43.7 Å². The lowest BCUT2D eigenvalue weighted by Crippen LogP contribution is -2.54. The van der Waals surface area contributed by atoms with Gasteiger partial charge in [0.2, 0.25) is 11.8 Å². The Morgan fingerprint density at radius 1 is 1.28 bits per heavy atom. The molecule has 0 aliphatic carbocycles. The van der Waals surface area contributed by atoms with Crippen LogP contribution in [0.4, 0.5) is 0 Å². The van der Waals surface area contributed by atoms with Gasteiger partial charge >= 0.3 is 0 Å². The van der Waals surface area contributed by atoms with Gasteiger partial charge in [0.25, 0.3) is 0 Å². The number of nitrogens with one attached hydrogen (secondary N) is 1. The van der Waals surface area contributed by atoms with E-state index in [-0.39, 0.29) is 11.8 Å². The number of thiophene rings is 1. The van der Waals surface area contributed by atoms with Crippen molar-refractivity contribution in [1.29, 1.82) is 0 Å². The van der Waals surface area contributed by atoms with Crippen LogP contribution in [0, 0.1) is 6.92 Å². The molecule has 3 rings (SSSR count). The van der Waals surface area contributed by atoms with Crippen molar-refractivity contribution in [3.8, 4) is 0 Å². The number of aryl methyl sites for hydroxylation is 1. The van der Waals surface area contributed by atoms with Gasteiger partial charge in [0, 0.05) is 24.4 Å². The van der Waals surface area contributed by atoms with Crippen molar-refractivity contribution in [2.75, 3.05) is 6.54 Å². The maximum atomic E-state index is 12.8. The maximum absolute atomic E-state index is 12.8. The first-order chi connectivity index (χ1) is 12.0. The highest BCUT2D eigenvalue weighted by Crippen LogP contribution is 2.31. The van der Waals surface area contributed by atoms with Crippen LogP contribution in [0.25, 0.3) is 0 Å². The average molecular weight is 356 g/mol. The SMILES string of the molecule is Cc1ccc(CNC(=O)C2(C)CCC(=O)N2CCc2cccs2)cc1. The van der Waals surface area contributed by atoms with E-state index in [9.17, 15) is 9.59 Å². The minimum Gasteiger partial charge on any atom is -0.350 e. The number of amides is 2. The van der Waals surface area contributed by atoms with Crippen LogP contribution >= 0.6 is 11.3 Å². The zero-order chi connectivity index (χ0) is 17.9. The summed E-state index contributed by atoms with van der Waals surface area (Å²) < 4.78 is 0. The summed E-state index contributed by atoms with van der Waals surface area (Å²) in [5.74, 6) is 0.00893. The molecule has 0 radical (unpaired) electrons. The number of rotatable bonds is 6. The lowest BCUT2D eigenvalue weighted by molar-refractivity contribution is -0.140. The smallest absolute Gasteiger partial charge is 0.245 e. The fourth-order valence-corrected chi connectivity index (χ4v) is 3.96. The monoisotopic (exact) mass is 356 g/mol. The zero-order valence-corrected chi connectivity index (χ0v) is 15.6. The number of benzene rings is 1. The van der Waals surface area contributed by atoms with Crippen molar-refractivity contribution in [3.05, 3.63) is 57.8 Å². The Balaban J connectivity index is 1.63. The third-order valence-electron chi connectivity index (χ3n) is 4.95. The van der Waals surface area contributed by atoms with E-state index in [1.165, 1.54) is 10.4 Å². The zero-order valence-electron chi connectivity index (χ0n) is 14.7. The molecule has 0 spiro atoms. The van der Waals surface area contributed by atoms with Crippen LogP contribution in [-0.2, 0) is 22.6 Å². The molecule has 1 aromatic carbocycles. The van der Waals surface area contributed by atoms with Crippen LogP contribution in [0.1, 0.15) is 35.8 Å². The molecule has 25 heavy (non-hydrogen) atoms. The molecule has 4 nitrogen and oxygen atoms in total. The Bertz CT molecular complexity index is 740. The number of carbonyl (C=O) groups is 2. The van der Waals surface area contributed by atoms with Crippen molar-refractivity contribution >= 4 is 23.2 Å². The fraction of sp³-hybridized carbons (Fsp3) is 0.400. The van der Waals surface area contributed by atoms with Crippen LogP contribution in [0.15, 0.2) is 41.8 Å². The molecule has 2 amide bonds. The van der Waals surface area contributed by atoms with Crippen molar-refractivity contribution < 1.29 is 9.59 Å². The summed E-state index contributed by atoms with van der Waals surface area (Å²) in [5, 5.41) is 5.05. The Hall–Kier alpha value is -2.14. The Morgan fingerprint density at radius 2 is 2.04 bits per heavy atom. The van der Waals surface area contributed by atoms with Crippen LogP contribution in [0.5, 0.6) is 0 Å². The highest BCUT2D eigenvalue weighted by Gasteiger charge is 2.46. The van der Waals surface area contributed by atoms with E-state index in [0.717, 1.165) is 12.0 Å². The fourth-order valence-electron chi connectivity index (χ4n) is 3.26. The predicted molar refractivity (Wildman–Crippen MR) is 100 cm³/mol. The van der Waals surface area contributed by atoms with E-state index >= 15 is 0 Å². The quantitative estimate of drug-likeness (QED) is 0.863. The number of likely N-dealkylation sites (tertiary alicyclic amines) is 1. The third kappa shape index (κ3) is 3.93. The van der Waals surface area contributed by atoms with Crippen molar-refractivity contribution in [1.82, 2.24) is 10.2 Å². The van der Waals surface area contributed by atoms with Gasteiger partial charge in [0.15, 0.2) is 0 Å². The van der Waals surface area contributed by atoms with Crippen LogP contribution in [0.2, 0.25) is 0 Å². The van der Waals surface area contributed by atoms with E-state index in [4.69, 9.17) is 0 Å². The topological polar surface area (TPSA) is 49.4 Å². The van der Waals surface area contributed by atoms with Crippen molar-refractivity contribution in [2.24, 2.45) is 0 Å². The largest absolute Gasteiger partial charge is 0.350 e. The van der Waals surface area contributed by atoms with Gasteiger partial charge in [-0.1, -0.05) is 35.9 Å². The van der Waals surface area contributed by atoms with Crippen LogP contribution < -0.4 is 5.32 Å². The lowest BCUT2D eigenvalue weighted by Gasteiger charge is -2.34. The molecule has 1 aromatic heterocycles. The molecular formula is C20H24N2O2S. The van der Waals surface area contributed by atoms with Gasteiger partial charge < -0.3 is 10.2 Å². The molecule has 1 saturated heterocycles. The summed E-state index contributed by atoms with van der Waals surface area (Å²) in [4.78, 5) is 28.1. The Kier molecular flexibility index (Phi) is 5.23. The molecule has 1 unspecified atom stereocenters. The highest BCUT2D eigenvalue weighted by atomic mass is 32.1. The van der Waals surface area contributed by atoms with E-state index in [2.05, 4.69) is 11.4 Å². The molecule has 5 heteroatoms. The first-order valence-electron chi connectivity index (χ1n) is 8.66. The third-order valence-corrected chi connectivity index (χ3v) is 5.88.